The zero-order valence-corrected chi connectivity index (χ0v) is 14.4. The number of hydrogen-bond acceptors (Lipinski definition) is 4. The highest BCUT2D eigenvalue weighted by atomic mass is 16.2. The molecule has 24 heavy (non-hydrogen) atoms. The molecule has 3 rings (SSSR count). The monoisotopic (exact) mass is 324 g/mol. The van der Waals surface area contributed by atoms with Gasteiger partial charge in [-0.05, 0) is 24.3 Å². The molecule has 0 radical (unpaired) electrons. The Bertz CT molecular complexity index is 664. The fourth-order valence-electron chi connectivity index (χ4n) is 2.95. The van der Waals surface area contributed by atoms with Gasteiger partial charge >= 0.3 is 0 Å². The number of aromatic nitrogens is 2. The Kier molecular flexibility index (Phi) is 5.08. The molecule has 0 aliphatic carbocycles. The Balaban J connectivity index is 1.63. The van der Waals surface area contributed by atoms with Crippen molar-refractivity contribution in [2.45, 2.75) is 26.3 Å². The number of rotatable bonds is 4. The maximum absolute atomic E-state index is 12.5. The van der Waals surface area contributed by atoms with Crippen LogP contribution < -0.4 is 4.90 Å². The van der Waals surface area contributed by atoms with Gasteiger partial charge in [-0.2, -0.15) is 0 Å². The smallest absolute Gasteiger partial charge is 0.257 e. The molecule has 0 saturated carbocycles. The maximum atomic E-state index is 12.5. The minimum absolute atomic E-state index is 0.0577. The highest BCUT2D eigenvalue weighted by molar-refractivity contribution is 5.93. The fraction of sp³-hybridized carbons (Fsp3) is 0.421. The van der Waals surface area contributed by atoms with Gasteiger partial charge in [0, 0.05) is 39.1 Å². The lowest BCUT2D eigenvalue weighted by atomic mass is 10.00. The standard InChI is InChI=1S/C19H24N4O/c1-15-8-10-23(11-9-15)19-20-12-17(13-21-19)18(24)22(2)14-16-6-4-3-5-7-16/h3-7,12-13,15H,8-11,14H2,1-2H3. The van der Waals surface area contributed by atoms with E-state index in [4.69, 9.17) is 0 Å². The minimum atomic E-state index is -0.0577. The number of carbonyl (C=O) groups is 1. The van der Waals surface area contributed by atoms with Gasteiger partial charge in [-0.15, -0.1) is 0 Å². The summed E-state index contributed by atoms with van der Waals surface area (Å²) in [4.78, 5) is 25.2. The van der Waals surface area contributed by atoms with E-state index in [9.17, 15) is 4.79 Å². The van der Waals surface area contributed by atoms with Crippen LogP contribution in [0.4, 0.5) is 5.95 Å². The molecule has 2 heterocycles. The van der Waals surface area contributed by atoms with Gasteiger partial charge in [0.1, 0.15) is 0 Å². The normalized spacial score (nSPS) is 15.3. The first-order valence-corrected chi connectivity index (χ1v) is 8.50. The number of carbonyl (C=O) groups excluding carboxylic acids is 1. The molecule has 1 saturated heterocycles. The molecule has 126 valence electrons. The average molecular weight is 324 g/mol. The van der Waals surface area contributed by atoms with E-state index < -0.39 is 0 Å². The molecule has 0 atom stereocenters. The van der Waals surface area contributed by atoms with Gasteiger partial charge in [-0.25, -0.2) is 9.97 Å². The van der Waals surface area contributed by atoms with Crippen LogP contribution in [0.5, 0.6) is 0 Å². The Morgan fingerprint density at radius 1 is 1.17 bits per heavy atom. The molecular formula is C19H24N4O. The number of amides is 1. The quantitative estimate of drug-likeness (QED) is 0.867. The third kappa shape index (κ3) is 3.91. The predicted octanol–water partition coefficient (Wildman–Crippen LogP) is 2.99. The van der Waals surface area contributed by atoms with Crippen molar-refractivity contribution in [3.8, 4) is 0 Å². The number of anilines is 1. The summed E-state index contributed by atoms with van der Waals surface area (Å²) in [6.45, 7) is 4.83. The lowest BCUT2D eigenvalue weighted by Gasteiger charge is -2.30. The number of hydrogen-bond donors (Lipinski definition) is 0. The van der Waals surface area contributed by atoms with Crippen LogP contribution in [0.25, 0.3) is 0 Å². The zero-order chi connectivity index (χ0) is 16.9. The summed E-state index contributed by atoms with van der Waals surface area (Å²) < 4.78 is 0. The summed E-state index contributed by atoms with van der Waals surface area (Å²) in [6, 6.07) is 9.96. The maximum Gasteiger partial charge on any atom is 0.257 e. The third-order valence-corrected chi connectivity index (χ3v) is 4.56. The molecule has 1 aliphatic rings. The van der Waals surface area contributed by atoms with Crippen LogP contribution in [0, 0.1) is 5.92 Å². The number of piperidine rings is 1. The van der Waals surface area contributed by atoms with Crippen molar-refractivity contribution in [1.82, 2.24) is 14.9 Å². The largest absolute Gasteiger partial charge is 0.341 e. The fourth-order valence-corrected chi connectivity index (χ4v) is 2.95. The van der Waals surface area contributed by atoms with Crippen LogP contribution in [-0.4, -0.2) is 40.9 Å². The molecule has 0 unspecified atom stereocenters. The van der Waals surface area contributed by atoms with Crippen molar-refractivity contribution in [3.63, 3.8) is 0 Å². The van der Waals surface area contributed by atoms with E-state index in [0.717, 1.165) is 30.5 Å². The Labute approximate surface area is 143 Å². The molecule has 1 fully saturated rings. The molecule has 0 N–H and O–H groups in total. The van der Waals surface area contributed by atoms with E-state index in [2.05, 4.69) is 21.8 Å². The first-order valence-electron chi connectivity index (χ1n) is 8.50. The molecule has 1 amide bonds. The van der Waals surface area contributed by atoms with Gasteiger partial charge in [0.2, 0.25) is 5.95 Å². The number of nitrogens with zero attached hydrogens (tertiary/aromatic N) is 4. The van der Waals surface area contributed by atoms with Crippen molar-refractivity contribution in [1.29, 1.82) is 0 Å². The molecule has 5 heteroatoms. The van der Waals surface area contributed by atoms with Crippen molar-refractivity contribution in [2.75, 3.05) is 25.0 Å². The molecule has 1 aromatic heterocycles. The van der Waals surface area contributed by atoms with Gasteiger partial charge in [0.25, 0.3) is 5.91 Å². The minimum Gasteiger partial charge on any atom is -0.341 e. The van der Waals surface area contributed by atoms with Crippen LogP contribution in [-0.2, 0) is 6.54 Å². The second-order valence-electron chi connectivity index (χ2n) is 6.59. The summed E-state index contributed by atoms with van der Waals surface area (Å²) in [6.07, 6.45) is 5.63. The zero-order valence-electron chi connectivity index (χ0n) is 14.4. The molecule has 2 aromatic rings. The Hall–Kier alpha value is -2.43. The predicted molar refractivity (Wildman–Crippen MR) is 94.9 cm³/mol. The van der Waals surface area contributed by atoms with Crippen molar-refractivity contribution in [2.24, 2.45) is 5.92 Å². The summed E-state index contributed by atoms with van der Waals surface area (Å²) in [5.41, 5.74) is 1.64. The average Bonchev–Trinajstić information content (AvgIpc) is 2.63. The molecule has 1 aliphatic heterocycles. The van der Waals surface area contributed by atoms with Crippen LogP contribution >= 0.6 is 0 Å². The van der Waals surface area contributed by atoms with Crippen molar-refractivity contribution in [3.05, 3.63) is 53.9 Å². The van der Waals surface area contributed by atoms with Crippen LogP contribution in [0.3, 0.4) is 0 Å². The molecule has 5 nitrogen and oxygen atoms in total. The first kappa shape index (κ1) is 16.4. The first-order chi connectivity index (χ1) is 11.6. The SMILES string of the molecule is CC1CCN(c2ncc(C(=O)N(C)Cc3ccccc3)cn2)CC1. The van der Waals surface area contributed by atoms with E-state index >= 15 is 0 Å². The molecular weight excluding hydrogens is 300 g/mol. The van der Waals surface area contributed by atoms with Crippen molar-refractivity contribution >= 4 is 11.9 Å². The Morgan fingerprint density at radius 3 is 2.42 bits per heavy atom. The lowest BCUT2D eigenvalue weighted by Crippen LogP contribution is -2.34. The second-order valence-corrected chi connectivity index (χ2v) is 6.59. The lowest BCUT2D eigenvalue weighted by molar-refractivity contribution is 0.0784. The molecule has 0 bridgehead atoms. The van der Waals surface area contributed by atoms with Gasteiger partial charge < -0.3 is 9.80 Å². The Morgan fingerprint density at radius 2 is 1.79 bits per heavy atom. The summed E-state index contributed by atoms with van der Waals surface area (Å²) >= 11 is 0. The van der Waals surface area contributed by atoms with E-state index in [-0.39, 0.29) is 5.91 Å². The third-order valence-electron chi connectivity index (χ3n) is 4.56. The molecule has 0 spiro atoms. The van der Waals surface area contributed by atoms with Crippen LogP contribution in [0.15, 0.2) is 42.7 Å². The summed E-state index contributed by atoms with van der Waals surface area (Å²) in [5.74, 6) is 1.44. The van der Waals surface area contributed by atoms with Crippen LogP contribution in [0.2, 0.25) is 0 Å². The van der Waals surface area contributed by atoms with E-state index in [0.29, 0.717) is 12.1 Å². The molecule has 1 aromatic carbocycles. The van der Waals surface area contributed by atoms with Crippen LogP contribution in [0.1, 0.15) is 35.7 Å². The summed E-state index contributed by atoms with van der Waals surface area (Å²) in [5, 5.41) is 0. The highest BCUT2D eigenvalue weighted by Crippen LogP contribution is 2.19. The van der Waals surface area contributed by atoms with E-state index in [1.807, 2.05) is 30.3 Å². The highest BCUT2D eigenvalue weighted by Gasteiger charge is 2.19. The topological polar surface area (TPSA) is 49.3 Å². The number of benzene rings is 1. The second kappa shape index (κ2) is 7.43. The van der Waals surface area contributed by atoms with Gasteiger partial charge in [-0.1, -0.05) is 37.3 Å². The van der Waals surface area contributed by atoms with Gasteiger partial charge in [0.05, 0.1) is 5.56 Å². The van der Waals surface area contributed by atoms with Gasteiger partial charge in [0.15, 0.2) is 0 Å². The van der Waals surface area contributed by atoms with E-state index in [1.165, 1.54) is 12.8 Å². The van der Waals surface area contributed by atoms with E-state index in [1.54, 1.807) is 24.3 Å². The summed E-state index contributed by atoms with van der Waals surface area (Å²) in [7, 11) is 1.80. The van der Waals surface area contributed by atoms with Crippen molar-refractivity contribution < 1.29 is 4.79 Å². The van der Waals surface area contributed by atoms with Gasteiger partial charge in [-0.3, -0.25) is 4.79 Å².